The van der Waals surface area contributed by atoms with Crippen LogP contribution in [0, 0.1) is 6.92 Å². The molecule has 0 aliphatic heterocycles. The Hall–Kier alpha value is -0.540. The molecular formula is C14H20BrClO2. The Morgan fingerprint density at radius 2 is 2.06 bits per heavy atom. The summed E-state index contributed by atoms with van der Waals surface area (Å²) in [7, 11) is 0. The molecule has 0 bridgehead atoms. The molecule has 102 valence electrons. The first-order valence-electron chi connectivity index (χ1n) is 6.10. The van der Waals surface area contributed by atoms with Crippen LogP contribution in [-0.4, -0.2) is 18.3 Å². The standard InChI is InChI=1S/C12H14BrClO2.C2H6/c1-9-7-10(13)4-5-12(9)16-8-11(15)3-2-6-14;1-2/h4-5,7H,2-3,6,8H2,1H3;1-2H3. The molecule has 0 unspecified atom stereocenters. The van der Waals surface area contributed by atoms with Crippen molar-refractivity contribution < 1.29 is 9.53 Å². The average Bonchev–Trinajstić information content (AvgIpc) is 2.37. The number of ketones is 1. The van der Waals surface area contributed by atoms with Gasteiger partial charge in [0.1, 0.15) is 12.4 Å². The summed E-state index contributed by atoms with van der Waals surface area (Å²) in [6, 6.07) is 5.71. The van der Waals surface area contributed by atoms with E-state index in [1.807, 2.05) is 39.0 Å². The second-order valence-electron chi connectivity index (χ2n) is 3.53. The van der Waals surface area contributed by atoms with Crippen molar-refractivity contribution in [3.05, 3.63) is 28.2 Å². The van der Waals surface area contributed by atoms with Crippen molar-refractivity contribution in [2.24, 2.45) is 0 Å². The van der Waals surface area contributed by atoms with Crippen molar-refractivity contribution in [2.45, 2.75) is 33.6 Å². The predicted molar refractivity (Wildman–Crippen MR) is 80.7 cm³/mol. The molecule has 4 heteroatoms. The van der Waals surface area contributed by atoms with Crippen molar-refractivity contribution in [3.63, 3.8) is 0 Å². The Morgan fingerprint density at radius 1 is 1.39 bits per heavy atom. The minimum atomic E-state index is 0.0861. The number of hydrogen-bond donors (Lipinski definition) is 0. The van der Waals surface area contributed by atoms with Gasteiger partial charge >= 0.3 is 0 Å². The lowest BCUT2D eigenvalue weighted by Gasteiger charge is -2.08. The van der Waals surface area contributed by atoms with Gasteiger partial charge in [0.2, 0.25) is 0 Å². The second kappa shape index (κ2) is 10.4. The smallest absolute Gasteiger partial charge is 0.170 e. The molecule has 0 saturated heterocycles. The summed E-state index contributed by atoms with van der Waals surface area (Å²) in [6.07, 6.45) is 1.20. The second-order valence-corrected chi connectivity index (χ2v) is 4.82. The van der Waals surface area contributed by atoms with Gasteiger partial charge in [0.25, 0.3) is 0 Å². The number of carbonyl (C=O) groups excluding carboxylic acids is 1. The summed E-state index contributed by atoms with van der Waals surface area (Å²) in [4.78, 5) is 11.4. The van der Waals surface area contributed by atoms with Crippen LogP contribution in [0.15, 0.2) is 22.7 Å². The molecule has 0 N–H and O–H groups in total. The number of rotatable bonds is 6. The number of halogens is 2. The predicted octanol–water partition coefficient (Wildman–Crippen LogP) is 4.75. The fraction of sp³-hybridized carbons (Fsp3) is 0.500. The van der Waals surface area contributed by atoms with E-state index in [2.05, 4.69) is 15.9 Å². The highest BCUT2D eigenvalue weighted by atomic mass is 79.9. The Kier molecular flexibility index (Phi) is 10.1. The Bertz CT molecular complexity index is 367. The van der Waals surface area contributed by atoms with Crippen LogP contribution < -0.4 is 4.74 Å². The highest BCUT2D eigenvalue weighted by Crippen LogP contribution is 2.22. The topological polar surface area (TPSA) is 26.3 Å². The molecule has 0 atom stereocenters. The van der Waals surface area contributed by atoms with Crippen molar-refractivity contribution in [1.82, 2.24) is 0 Å². The molecule has 0 aliphatic rings. The summed E-state index contributed by atoms with van der Waals surface area (Å²) < 4.78 is 6.44. The molecule has 0 aromatic heterocycles. The quantitative estimate of drug-likeness (QED) is 0.701. The van der Waals surface area contributed by atoms with E-state index in [4.69, 9.17) is 16.3 Å². The lowest BCUT2D eigenvalue weighted by Crippen LogP contribution is -2.11. The lowest BCUT2D eigenvalue weighted by atomic mass is 10.2. The first-order chi connectivity index (χ1) is 8.63. The molecule has 0 spiro atoms. The molecule has 0 fully saturated rings. The Labute approximate surface area is 123 Å². The molecule has 0 heterocycles. The van der Waals surface area contributed by atoms with Gasteiger partial charge in [-0.05, 0) is 37.1 Å². The number of carbonyl (C=O) groups is 1. The zero-order valence-electron chi connectivity index (χ0n) is 11.1. The zero-order valence-corrected chi connectivity index (χ0v) is 13.5. The van der Waals surface area contributed by atoms with Gasteiger partial charge in [0.15, 0.2) is 5.78 Å². The molecule has 0 saturated carbocycles. The SMILES string of the molecule is CC.Cc1cc(Br)ccc1OCC(=O)CCCCl. The summed E-state index contributed by atoms with van der Waals surface area (Å²) in [6.45, 7) is 6.07. The van der Waals surface area contributed by atoms with Crippen LogP contribution in [-0.2, 0) is 4.79 Å². The lowest BCUT2D eigenvalue weighted by molar-refractivity contribution is -0.121. The largest absolute Gasteiger partial charge is 0.486 e. The van der Waals surface area contributed by atoms with Crippen molar-refractivity contribution in [2.75, 3.05) is 12.5 Å². The van der Waals surface area contributed by atoms with Crippen molar-refractivity contribution in [3.8, 4) is 5.75 Å². The van der Waals surface area contributed by atoms with Gasteiger partial charge in [-0.15, -0.1) is 11.6 Å². The molecule has 1 aromatic carbocycles. The maximum absolute atomic E-state index is 11.4. The normalized spacial score (nSPS) is 9.39. The van der Waals surface area contributed by atoms with Crippen molar-refractivity contribution in [1.29, 1.82) is 0 Å². The third kappa shape index (κ3) is 7.02. The zero-order chi connectivity index (χ0) is 14.0. The van der Waals surface area contributed by atoms with Crippen molar-refractivity contribution >= 4 is 33.3 Å². The van der Waals surface area contributed by atoms with Crippen LogP contribution in [0.25, 0.3) is 0 Å². The number of alkyl halides is 1. The van der Waals surface area contributed by atoms with Crippen LogP contribution in [0.2, 0.25) is 0 Å². The fourth-order valence-corrected chi connectivity index (χ4v) is 1.88. The molecule has 0 radical (unpaired) electrons. The van der Waals surface area contributed by atoms with Gasteiger partial charge in [-0.25, -0.2) is 0 Å². The average molecular weight is 336 g/mol. The van der Waals surface area contributed by atoms with Gasteiger partial charge in [-0.1, -0.05) is 29.8 Å². The molecule has 18 heavy (non-hydrogen) atoms. The van der Waals surface area contributed by atoms with E-state index in [-0.39, 0.29) is 12.4 Å². The van der Waals surface area contributed by atoms with Gasteiger partial charge in [0.05, 0.1) is 0 Å². The van der Waals surface area contributed by atoms with Gasteiger partial charge in [0, 0.05) is 16.8 Å². The molecule has 1 aromatic rings. The summed E-state index contributed by atoms with van der Waals surface area (Å²) >= 11 is 8.88. The van der Waals surface area contributed by atoms with E-state index in [0.29, 0.717) is 18.7 Å². The van der Waals surface area contributed by atoms with Gasteiger partial charge < -0.3 is 4.74 Å². The summed E-state index contributed by atoms with van der Waals surface area (Å²) in [5.74, 6) is 1.36. The van der Waals surface area contributed by atoms with Crippen LogP contribution >= 0.6 is 27.5 Å². The number of ether oxygens (including phenoxy) is 1. The minimum Gasteiger partial charge on any atom is -0.486 e. The van der Waals surface area contributed by atoms with Gasteiger partial charge in [-0.2, -0.15) is 0 Å². The van der Waals surface area contributed by atoms with Crippen LogP contribution in [0.1, 0.15) is 32.3 Å². The molecule has 2 nitrogen and oxygen atoms in total. The van der Waals surface area contributed by atoms with E-state index in [1.54, 1.807) is 0 Å². The monoisotopic (exact) mass is 334 g/mol. The van der Waals surface area contributed by atoms with Crippen LogP contribution in [0.3, 0.4) is 0 Å². The highest BCUT2D eigenvalue weighted by molar-refractivity contribution is 9.10. The minimum absolute atomic E-state index is 0.0861. The third-order valence-electron chi connectivity index (χ3n) is 2.11. The first kappa shape index (κ1) is 17.5. The molecular weight excluding hydrogens is 316 g/mol. The fourth-order valence-electron chi connectivity index (χ4n) is 1.27. The summed E-state index contributed by atoms with van der Waals surface area (Å²) in [5, 5.41) is 0. The molecule has 0 aliphatic carbocycles. The maximum atomic E-state index is 11.4. The van der Waals surface area contributed by atoms with E-state index in [9.17, 15) is 4.79 Å². The first-order valence-corrected chi connectivity index (χ1v) is 7.43. The third-order valence-corrected chi connectivity index (χ3v) is 2.88. The number of Topliss-reactive ketones (excluding diaryl/α,β-unsaturated/α-hetero) is 1. The number of benzene rings is 1. The molecule has 1 rings (SSSR count). The number of hydrogen-bond acceptors (Lipinski definition) is 2. The molecule has 0 amide bonds. The van der Waals surface area contributed by atoms with E-state index in [0.717, 1.165) is 15.8 Å². The Balaban J connectivity index is 0.00000137. The number of aryl methyl sites for hydroxylation is 1. The van der Waals surface area contributed by atoms with E-state index < -0.39 is 0 Å². The van der Waals surface area contributed by atoms with Gasteiger partial charge in [-0.3, -0.25) is 4.79 Å². The maximum Gasteiger partial charge on any atom is 0.170 e. The van der Waals surface area contributed by atoms with Crippen LogP contribution in [0.5, 0.6) is 5.75 Å². The van der Waals surface area contributed by atoms with E-state index in [1.165, 1.54) is 0 Å². The highest BCUT2D eigenvalue weighted by Gasteiger charge is 2.05. The van der Waals surface area contributed by atoms with Crippen LogP contribution in [0.4, 0.5) is 0 Å². The van der Waals surface area contributed by atoms with E-state index >= 15 is 0 Å². The summed E-state index contributed by atoms with van der Waals surface area (Å²) in [5.41, 5.74) is 1.01. The Morgan fingerprint density at radius 3 is 2.61 bits per heavy atom.